The van der Waals surface area contributed by atoms with Gasteiger partial charge in [-0.3, -0.25) is 9.59 Å². The number of nitrogens with one attached hydrogen (secondary N) is 1. The van der Waals surface area contributed by atoms with Gasteiger partial charge in [0.1, 0.15) is 5.75 Å². The Balaban J connectivity index is 2.37. The van der Waals surface area contributed by atoms with Crippen LogP contribution in [0.5, 0.6) is 5.75 Å². The average Bonchev–Trinajstić information content (AvgIpc) is 2.73. The second-order valence-corrected chi connectivity index (χ2v) is 7.29. The molecule has 0 aliphatic heterocycles. The van der Waals surface area contributed by atoms with E-state index in [9.17, 15) is 40.7 Å². The van der Waals surface area contributed by atoms with Crippen molar-refractivity contribution in [2.45, 2.75) is 12.4 Å². The number of benzene rings is 2. The molecule has 0 radical (unpaired) electrons. The van der Waals surface area contributed by atoms with Crippen molar-refractivity contribution in [1.29, 1.82) is 0 Å². The van der Waals surface area contributed by atoms with Crippen LogP contribution in [0.2, 0.25) is 5.02 Å². The molecule has 3 N–H and O–H groups in total. The predicted molar refractivity (Wildman–Crippen MR) is 109 cm³/mol. The van der Waals surface area contributed by atoms with Crippen molar-refractivity contribution in [2.24, 2.45) is 5.73 Å². The largest absolute Gasteiger partial charge is 0.416 e. The average molecular weight is 512 g/mol. The van der Waals surface area contributed by atoms with Crippen LogP contribution in [0, 0.1) is 0 Å². The molecule has 14 heteroatoms. The lowest BCUT2D eigenvalue weighted by atomic mass is 10.1. The highest BCUT2D eigenvalue weighted by Crippen LogP contribution is 2.37. The van der Waals surface area contributed by atoms with Crippen molar-refractivity contribution in [3.63, 3.8) is 0 Å². The highest BCUT2D eigenvalue weighted by molar-refractivity contribution is 6.31. The molecule has 2 amide bonds. The van der Waals surface area contributed by atoms with Gasteiger partial charge in [0.15, 0.2) is 5.78 Å². The molecule has 0 aromatic heterocycles. The fraction of sp³-hybridized carbons (Fsp3) is 0.250. The Morgan fingerprint density at radius 1 is 1.00 bits per heavy atom. The van der Waals surface area contributed by atoms with E-state index in [0.29, 0.717) is 12.1 Å². The Bertz CT molecular complexity index is 1070. The van der Waals surface area contributed by atoms with Gasteiger partial charge in [-0.25, -0.2) is 4.79 Å². The van der Waals surface area contributed by atoms with Crippen LogP contribution in [0.15, 0.2) is 36.4 Å². The quantitative estimate of drug-likeness (QED) is 0.553. The van der Waals surface area contributed by atoms with Crippen LogP contribution < -0.4 is 15.8 Å². The van der Waals surface area contributed by atoms with Crippen LogP contribution in [-0.4, -0.2) is 42.8 Å². The number of carbonyl (C=O) groups excluding carboxylic acids is 3. The lowest BCUT2D eigenvalue weighted by Crippen LogP contribution is -2.36. The summed E-state index contributed by atoms with van der Waals surface area (Å²) in [5, 5.41) is 1.88. The molecule has 0 aliphatic carbocycles. The Labute approximate surface area is 193 Å². The lowest BCUT2D eigenvalue weighted by molar-refractivity contribution is -0.143. The zero-order chi connectivity index (χ0) is 25.8. The van der Waals surface area contributed by atoms with Gasteiger partial charge >= 0.3 is 18.4 Å². The standard InChI is InChI=1S/C20H16ClF6N3O4/c1-30(9-14(31)8-28)18(33)34-16-3-2-12(21)7-15(16)17(32)29-13-5-10(19(22,23)24)4-11(6-13)20(25,26)27/h2-7H,8-9,28H2,1H3,(H,29,32). The molecule has 184 valence electrons. The molecule has 2 aromatic carbocycles. The monoisotopic (exact) mass is 511 g/mol. The number of Topliss-reactive ketones (excluding diaryl/α,β-unsaturated/α-hetero) is 1. The van der Waals surface area contributed by atoms with Crippen molar-refractivity contribution in [3.05, 3.63) is 58.1 Å². The van der Waals surface area contributed by atoms with Gasteiger partial charge in [-0.05, 0) is 36.4 Å². The van der Waals surface area contributed by atoms with Crippen LogP contribution in [0.25, 0.3) is 0 Å². The van der Waals surface area contributed by atoms with E-state index < -0.39 is 64.8 Å². The van der Waals surface area contributed by atoms with Crippen molar-refractivity contribution in [3.8, 4) is 5.75 Å². The summed E-state index contributed by atoms with van der Waals surface area (Å²) in [4.78, 5) is 37.1. The summed E-state index contributed by atoms with van der Waals surface area (Å²) in [6.45, 7) is -0.752. The third kappa shape index (κ3) is 7.09. The van der Waals surface area contributed by atoms with Crippen LogP contribution >= 0.6 is 11.6 Å². The second kappa shape index (κ2) is 10.3. The lowest BCUT2D eigenvalue weighted by Gasteiger charge is -2.18. The Morgan fingerprint density at radius 3 is 2.06 bits per heavy atom. The van der Waals surface area contributed by atoms with E-state index >= 15 is 0 Å². The summed E-state index contributed by atoms with van der Waals surface area (Å²) in [5.41, 5.74) is 0.613. The summed E-state index contributed by atoms with van der Waals surface area (Å²) in [6.07, 6.45) is -11.3. The van der Waals surface area contributed by atoms with E-state index in [0.717, 1.165) is 17.0 Å². The van der Waals surface area contributed by atoms with E-state index in [1.54, 1.807) is 0 Å². The normalized spacial score (nSPS) is 11.7. The molecule has 0 saturated carbocycles. The third-order valence-corrected chi connectivity index (χ3v) is 4.42. The van der Waals surface area contributed by atoms with Crippen molar-refractivity contribution >= 4 is 35.1 Å². The summed E-state index contributed by atoms with van der Waals surface area (Å²) < 4.78 is 83.4. The summed E-state index contributed by atoms with van der Waals surface area (Å²) >= 11 is 5.83. The number of anilines is 1. The van der Waals surface area contributed by atoms with Gasteiger partial charge in [0.2, 0.25) is 0 Å². The van der Waals surface area contributed by atoms with Gasteiger partial charge < -0.3 is 20.7 Å². The number of nitrogens with zero attached hydrogens (tertiary/aromatic N) is 1. The molecule has 0 aliphatic rings. The first-order valence-corrected chi connectivity index (χ1v) is 9.54. The zero-order valence-electron chi connectivity index (χ0n) is 17.2. The van der Waals surface area contributed by atoms with Crippen molar-refractivity contribution in [1.82, 2.24) is 4.90 Å². The smallest absolute Gasteiger partial charge is 0.409 e. The van der Waals surface area contributed by atoms with E-state index in [1.807, 2.05) is 5.32 Å². The van der Waals surface area contributed by atoms with Gasteiger partial charge in [-0.1, -0.05) is 11.6 Å². The van der Waals surface area contributed by atoms with E-state index in [1.165, 1.54) is 13.1 Å². The van der Waals surface area contributed by atoms with Crippen LogP contribution in [0.4, 0.5) is 36.8 Å². The molecular formula is C20H16ClF6N3O4. The number of rotatable bonds is 6. The van der Waals surface area contributed by atoms with E-state index in [2.05, 4.69) is 0 Å². The highest BCUT2D eigenvalue weighted by Gasteiger charge is 2.37. The number of ether oxygens (including phenoxy) is 1. The number of carbonyl (C=O) groups is 3. The minimum atomic E-state index is -5.12. The number of likely N-dealkylation sites (N-methyl/N-ethyl adjacent to an activating group) is 1. The molecule has 0 unspecified atom stereocenters. The maximum Gasteiger partial charge on any atom is 0.416 e. The maximum atomic E-state index is 13.1. The Hall–Kier alpha value is -3.32. The minimum Gasteiger partial charge on any atom is -0.409 e. The number of halogens is 7. The minimum absolute atomic E-state index is 0.0448. The highest BCUT2D eigenvalue weighted by atomic mass is 35.5. The predicted octanol–water partition coefficient (Wildman–Crippen LogP) is 4.59. The number of alkyl halides is 6. The van der Waals surface area contributed by atoms with Gasteiger partial charge in [0, 0.05) is 17.8 Å². The topological polar surface area (TPSA) is 102 Å². The number of nitrogens with two attached hydrogens (primary N) is 1. The van der Waals surface area contributed by atoms with Crippen LogP contribution in [-0.2, 0) is 17.1 Å². The number of amides is 2. The fourth-order valence-electron chi connectivity index (χ4n) is 2.56. The van der Waals surface area contributed by atoms with Crippen LogP contribution in [0.1, 0.15) is 21.5 Å². The Morgan fingerprint density at radius 2 is 1.56 bits per heavy atom. The molecule has 0 heterocycles. The van der Waals surface area contributed by atoms with Crippen molar-refractivity contribution in [2.75, 3.05) is 25.5 Å². The summed E-state index contributed by atoms with van der Waals surface area (Å²) in [7, 11) is 1.20. The fourth-order valence-corrected chi connectivity index (χ4v) is 2.73. The van der Waals surface area contributed by atoms with Crippen LogP contribution in [0.3, 0.4) is 0 Å². The van der Waals surface area contributed by atoms with E-state index in [-0.39, 0.29) is 17.6 Å². The molecule has 34 heavy (non-hydrogen) atoms. The first-order valence-electron chi connectivity index (χ1n) is 9.17. The molecule has 0 fully saturated rings. The molecular weight excluding hydrogens is 496 g/mol. The summed E-state index contributed by atoms with van der Waals surface area (Å²) in [5.74, 6) is -2.13. The SMILES string of the molecule is CN(CC(=O)CN)C(=O)Oc1ccc(Cl)cc1C(=O)Nc1cc(C(F)(F)F)cc(C(F)(F)F)c1. The number of hydrogen-bond donors (Lipinski definition) is 2. The van der Waals surface area contributed by atoms with E-state index in [4.69, 9.17) is 22.1 Å². The molecule has 0 spiro atoms. The molecule has 7 nitrogen and oxygen atoms in total. The van der Waals surface area contributed by atoms with Crippen molar-refractivity contribution < 1.29 is 45.5 Å². The first-order chi connectivity index (χ1) is 15.6. The van der Waals surface area contributed by atoms with Gasteiger partial charge in [0.25, 0.3) is 5.91 Å². The van der Waals surface area contributed by atoms with Gasteiger partial charge in [0.05, 0.1) is 29.8 Å². The van der Waals surface area contributed by atoms with Gasteiger partial charge in [-0.2, -0.15) is 26.3 Å². The third-order valence-electron chi connectivity index (χ3n) is 4.18. The number of hydrogen-bond acceptors (Lipinski definition) is 5. The first kappa shape index (κ1) is 26.9. The molecule has 2 rings (SSSR count). The summed E-state index contributed by atoms with van der Waals surface area (Å²) in [6, 6.07) is 3.83. The molecule has 0 atom stereocenters. The Kier molecular flexibility index (Phi) is 8.16. The molecule has 2 aromatic rings. The molecule has 0 saturated heterocycles. The maximum absolute atomic E-state index is 13.1. The van der Waals surface area contributed by atoms with Gasteiger partial charge in [-0.15, -0.1) is 0 Å². The second-order valence-electron chi connectivity index (χ2n) is 6.86. The number of ketones is 1. The zero-order valence-corrected chi connectivity index (χ0v) is 17.9. The molecule has 0 bridgehead atoms.